The lowest BCUT2D eigenvalue weighted by Crippen LogP contribution is -2.09. The highest BCUT2D eigenvalue weighted by Gasteiger charge is 2.23. The maximum absolute atomic E-state index is 10.5. The summed E-state index contributed by atoms with van der Waals surface area (Å²) < 4.78 is 12.5. The molecule has 6 heteroatoms. The molecule has 1 aliphatic rings. The first-order valence-electron chi connectivity index (χ1n) is 6.49. The van der Waals surface area contributed by atoms with Crippen LogP contribution in [-0.4, -0.2) is 21.5 Å². The van der Waals surface area contributed by atoms with Crippen molar-refractivity contribution in [2.45, 2.75) is 26.0 Å². The molecule has 5 nitrogen and oxygen atoms in total. The molecular weight excluding hydrogens is 280 g/mol. The van der Waals surface area contributed by atoms with Gasteiger partial charge in [-0.15, -0.1) is 0 Å². The van der Waals surface area contributed by atoms with E-state index in [4.69, 9.17) is 21.1 Å². The molecular formula is C14H15ClN2O3. The molecule has 0 amide bonds. The molecule has 0 aliphatic carbocycles. The van der Waals surface area contributed by atoms with Crippen LogP contribution in [0.5, 0.6) is 11.5 Å². The van der Waals surface area contributed by atoms with Crippen LogP contribution in [0, 0.1) is 0 Å². The number of hydrogen-bond acceptors (Lipinski definition) is 4. The van der Waals surface area contributed by atoms with E-state index < -0.39 is 6.10 Å². The Kier molecular flexibility index (Phi) is 3.54. The average Bonchev–Trinajstić information content (AvgIpc) is 3.07. The van der Waals surface area contributed by atoms with Gasteiger partial charge in [-0.25, -0.2) is 4.98 Å². The number of imidazole rings is 1. The normalized spacial score (nSPS) is 14.6. The number of benzene rings is 1. The van der Waals surface area contributed by atoms with Gasteiger partial charge in [-0.2, -0.15) is 0 Å². The zero-order chi connectivity index (χ0) is 14.1. The quantitative estimate of drug-likeness (QED) is 0.942. The van der Waals surface area contributed by atoms with E-state index in [0.717, 1.165) is 13.0 Å². The Morgan fingerprint density at radius 3 is 3.10 bits per heavy atom. The first-order chi connectivity index (χ1) is 9.70. The molecule has 1 atom stereocenters. The predicted molar refractivity (Wildman–Crippen MR) is 74.2 cm³/mol. The van der Waals surface area contributed by atoms with Gasteiger partial charge in [0.15, 0.2) is 11.5 Å². The van der Waals surface area contributed by atoms with E-state index in [1.807, 2.05) is 10.8 Å². The number of aromatic nitrogens is 2. The number of halogens is 1. The van der Waals surface area contributed by atoms with Crippen molar-refractivity contribution >= 4 is 11.6 Å². The number of fused-ring (bicyclic) bond motifs is 1. The van der Waals surface area contributed by atoms with Crippen molar-refractivity contribution in [3.05, 3.63) is 40.9 Å². The molecule has 3 rings (SSSR count). The number of hydrogen-bond donors (Lipinski definition) is 1. The first-order valence-corrected chi connectivity index (χ1v) is 6.86. The number of aliphatic hydroxyl groups excluding tert-OH is 1. The van der Waals surface area contributed by atoms with Crippen molar-refractivity contribution in [1.82, 2.24) is 9.55 Å². The molecule has 20 heavy (non-hydrogen) atoms. The Morgan fingerprint density at radius 2 is 2.30 bits per heavy atom. The molecule has 1 aromatic heterocycles. The predicted octanol–water partition coefficient (Wildman–Crippen LogP) is 2.76. The van der Waals surface area contributed by atoms with E-state index in [1.165, 1.54) is 0 Å². The van der Waals surface area contributed by atoms with Gasteiger partial charge < -0.3 is 19.1 Å². The van der Waals surface area contributed by atoms with Crippen molar-refractivity contribution < 1.29 is 14.6 Å². The Labute approximate surface area is 121 Å². The Morgan fingerprint density at radius 1 is 1.45 bits per heavy atom. The molecule has 0 spiro atoms. The van der Waals surface area contributed by atoms with Crippen molar-refractivity contribution in [3.63, 3.8) is 0 Å². The molecule has 2 aromatic rings. The fraction of sp³-hybridized carbons (Fsp3) is 0.357. The van der Waals surface area contributed by atoms with Crippen LogP contribution in [0.25, 0.3) is 0 Å². The van der Waals surface area contributed by atoms with Crippen LogP contribution >= 0.6 is 11.6 Å². The largest absolute Gasteiger partial charge is 0.454 e. The van der Waals surface area contributed by atoms with Crippen LogP contribution in [0.2, 0.25) is 5.02 Å². The Hall–Kier alpha value is -1.72. The van der Waals surface area contributed by atoms with Crippen LogP contribution in [0.4, 0.5) is 0 Å². The third-order valence-corrected chi connectivity index (χ3v) is 3.50. The summed E-state index contributed by atoms with van der Waals surface area (Å²) in [5, 5.41) is 10.9. The van der Waals surface area contributed by atoms with E-state index in [-0.39, 0.29) is 6.79 Å². The van der Waals surface area contributed by atoms with Crippen LogP contribution in [0.3, 0.4) is 0 Å². The molecule has 0 saturated heterocycles. The van der Waals surface area contributed by atoms with Gasteiger partial charge in [0.25, 0.3) is 0 Å². The highest BCUT2D eigenvalue weighted by atomic mass is 35.5. The van der Waals surface area contributed by atoms with Gasteiger partial charge in [-0.05, 0) is 24.1 Å². The second-order valence-electron chi connectivity index (χ2n) is 4.62. The van der Waals surface area contributed by atoms with Gasteiger partial charge in [0.1, 0.15) is 11.9 Å². The second kappa shape index (κ2) is 5.34. The highest BCUT2D eigenvalue weighted by Crippen LogP contribution is 2.41. The summed E-state index contributed by atoms with van der Waals surface area (Å²) in [7, 11) is 0. The third-order valence-electron chi connectivity index (χ3n) is 3.22. The minimum Gasteiger partial charge on any atom is -0.454 e. The van der Waals surface area contributed by atoms with Crippen molar-refractivity contribution in [3.8, 4) is 11.5 Å². The molecule has 0 radical (unpaired) electrons. The summed E-state index contributed by atoms with van der Waals surface area (Å²) in [5.74, 6) is 1.68. The molecule has 0 saturated carbocycles. The van der Waals surface area contributed by atoms with E-state index in [0.29, 0.717) is 27.9 Å². The Bertz CT molecular complexity index is 627. The van der Waals surface area contributed by atoms with Crippen LogP contribution < -0.4 is 9.47 Å². The topological polar surface area (TPSA) is 56.5 Å². The summed E-state index contributed by atoms with van der Waals surface area (Å²) in [6.45, 7) is 3.04. The minimum atomic E-state index is -0.844. The Balaban J connectivity index is 1.96. The summed E-state index contributed by atoms with van der Waals surface area (Å²) in [6, 6.07) is 3.43. The molecule has 1 unspecified atom stereocenters. The van der Waals surface area contributed by atoms with Crippen LogP contribution in [-0.2, 0) is 6.54 Å². The lowest BCUT2D eigenvalue weighted by molar-refractivity contribution is 0.173. The lowest BCUT2D eigenvalue weighted by atomic mass is 10.1. The molecule has 2 heterocycles. The number of rotatable bonds is 4. The van der Waals surface area contributed by atoms with E-state index in [1.54, 1.807) is 18.3 Å². The number of aryl methyl sites for hydroxylation is 1. The zero-order valence-corrected chi connectivity index (χ0v) is 11.8. The van der Waals surface area contributed by atoms with Crippen molar-refractivity contribution in [1.29, 1.82) is 0 Å². The number of ether oxygens (including phenoxy) is 2. The van der Waals surface area contributed by atoms with Crippen molar-refractivity contribution in [2.75, 3.05) is 6.79 Å². The van der Waals surface area contributed by atoms with E-state index in [2.05, 4.69) is 11.9 Å². The second-order valence-corrected chi connectivity index (χ2v) is 5.03. The highest BCUT2D eigenvalue weighted by molar-refractivity contribution is 6.32. The lowest BCUT2D eigenvalue weighted by Gasteiger charge is -2.14. The van der Waals surface area contributed by atoms with E-state index in [9.17, 15) is 5.11 Å². The molecule has 1 N–H and O–H groups in total. The smallest absolute Gasteiger partial charge is 0.231 e. The SMILES string of the molecule is CCCn1ccnc1C(O)c1cc(Cl)c2c(c1)OCO2. The maximum Gasteiger partial charge on any atom is 0.231 e. The number of nitrogens with zero attached hydrogens (tertiary/aromatic N) is 2. The van der Waals surface area contributed by atoms with Gasteiger partial charge in [0.05, 0.1) is 5.02 Å². The first kappa shape index (κ1) is 13.3. The van der Waals surface area contributed by atoms with Gasteiger partial charge in [-0.1, -0.05) is 18.5 Å². The van der Waals surface area contributed by atoms with Crippen LogP contribution in [0.15, 0.2) is 24.5 Å². The van der Waals surface area contributed by atoms with Gasteiger partial charge in [0, 0.05) is 18.9 Å². The summed E-state index contributed by atoms with van der Waals surface area (Å²) in [5.41, 5.74) is 0.641. The van der Waals surface area contributed by atoms with Crippen molar-refractivity contribution in [2.24, 2.45) is 0 Å². The fourth-order valence-corrected chi connectivity index (χ4v) is 2.57. The van der Waals surface area contributed by atoms with Gasteiger partial charge in [0.2, 0.25) is 6.79 Å². The summed E-state index contributed by atoms with van der Waals surface area (Å²) in [4.78, 5) is 4.23. The maximum atomic E-state index is 10.5. The van der Waals surface area contributed by atoms with Gasteiger partial charge in [-0.3, -0.25) is 0 Å². The van der Waals surface area contributed by atoms with Crippen LogP contribution in [0.1, 0.15) is 30.8 Å². The zero-order valence-electron chi connectivity index (χ0n) is 11.0. The molecule has 1 aliphatic heterocycles. The fourth-order valence-electron chi connectivity index (χ4n) is 2.29. The third kappa shape index (κ3) is 2.23. The standard InChI is InChI=1S/C14H15ClN2O3/c1-2-4-17-5-3-16-14(17)12(18)9-6-10(15)13-11(7-9)19-8-20-13/h3,5-7,12,18H,2,4,8H2,1H3. The summed E-state index contributed by atoms with van der Waals surface area (Å²) >= 11 is 6.14. The monoisotopic (exact) mass is 294 g/mol. The number of aliphatic hydroxyl groups is 1. The minimum absolute atomic E-state index is 0.152. The molecule has 0 fully saturated rings. The molecule has 106 valence electrons. The van der Waals surface area contributed by atoms with E-state index >= 15 is 0 Å². The molecule has 1 aromatic carbocycles. The average molecular weight is 295 g/mol. The van der Waals surface area contributed by atoms with Gasteiger partial charge >= 0.3 is 0 Å². The molecule has 0 bridgehead atoms. The summed E-state index contributed by atoms with van der Waals surface area (Å²) in [6.07, 6.45) is 3.67.